The molecule has 0 aliphatic heterocycles. The molecular weight excluding hydrogens is 677 g/mol. The lowest BCUT2D eigenvalue weighted by Gasteiger charge is -2.15. The van der Waals surface area contributed by atoms with Gasteiger partial charge in [0, 0.05) is 13.0 Å². The molecule has 4 nitrogen and oxygen atoms in total. The van der Waals surface area contributed by atoms with Gasteiger partial charge in [-0.15, -0.1) is 0 Å². The first-order chi connectivity index (χ1) is 27.2. The summed E-state index contributed by atoms with van der Waals surface area (Å²) in [4.78, 5) is 12.2. The normalized spacial score (nSPS) is 13.0. The molecule has 0 aliphatic carbocycles. The highest BCUT2D eigenvalue weighted by Gasteiger charge is 2.13. The predicted octanol–water partition coefficient (Wildman–Crippen LogP) is 15.8. The van der Waals surface area contributed by atoms with Crippen LogP contribution >= 0.6 is 0 Å². The predicted molar refractivity (Wildman–Crippen MR) is 242 cm³/mol. The molecule has 0 aromatic heterocycles. The molecule has 0 saturated carbocycles. The van der Waals surface area contributed by atoms with Crippen LogP contribution in [0.25, 0.3) is 0 Å². The van der Waals surface area contributed by atoms with Crippen molar-refractivity contribution in [2.45, 2.75) is 225 Å². The highest BCUT2D eigenvalue weighted by Crippen LogP contribution is 2.16. The lowest BCUT2D eigenvalue weighted by Crippen LogP contribution is -2.27. The van der Waals surface area contributed by atoms with Gasteiger partial charge in [-0.1, -0.05) is 234 Å². The third-order valence-corrected chi connectivity index (χ3v) is 10.1. The molecule has 0 rings (SSSR count). The molecule has 0 aromatic rings. The van der Waals surface area contributed by atoms with Crippen molar-refractivity contribution in [3.63, 3.8) is 0 Å². The monoisotopic (exact) mass is 767 g/mol. The van der Waals surface area contributed by atoms with Crippen LogP contribution in [0.3, 0.4) is 0 Å². The van der Waals surface area contributed by atoms with E-state index in [9.17, 15) is 9.90 Å². The standard InChI is InChI=1S/C51H90O4/c1-3-5-7-9-11-13-15-17-19-21-23-24-25-26-27-29-31-33-35-37-39-41-43-45-47-54-49-50(48-52)55-51(53)46-44-42-40-38-36-34-32-30-28-22-20-18-16-14-12-10-8-6-4-2/h6,8,12,14,18,20,28,30,34,36,40,42,50,52H,3-5,7,9-11,13,15-17,19,21-27,29,31-33,35,37-39,41,43-49H2,1-2H3/b8-6-,14-12-,20-18-,30-28-,36-34-,42-40-. The summed E-state index contributed by atoms with van der Waals surface area (Å²) in [6.45, 7) is 5.17. The van der Waals surface area contributed by atoms with E-state index < -0.39 is 6.10 Å². The molecule has 1 unspecified atom stereocenters. The molecule has 0 bridgehead atoms. The van der Waals surface area contributed by atoms with Gasteiger partial charge in [0.1, 0.15) is 6.10 Å². The molecule has 0 saturated heterocycles. The molecular formula is C51H90O4. The molecule has 0 aromatic carbocycles. The minimum atomic E-state index is -0.577. The van der Waals surface area contributed by atoms with E-state index in [2.05, 4.69) is 80.7 Å². The fourth-order valence-electron chi connectivity index (χ4n) is 6.59. The molecule has 4 heteroatoms. The fraction of sp³-hybridized carbons (Fsp3) is 0.745. The lowest BCUT2D eigenvalue weighted by atomic mass is 10.0. The van der Waals surface area contributed by atoms with Crippen LogP contribution in [0, 0.1) is 0 Å². The third kappa shape index (κ3) is 46.1. The summed E-state index contributed by atoms with van der Waals surface area (Å²) in [5.74, 6) is -0.281. The van der Waals surface area contributed by atoms with Crippen molar-refractivity contribution in [3.8, 4) is 0 Å². The lowest BCUT2D eigenvalue weighted by molar-refractivity contribution is -0.154. The maximum Gasteiger partial charge on any atom is 0.306 e. The first-order valence-electron chi connectivity index (χ1n) is 23.5. The average molecular weight is 767 g/mol. The largest absolute Gasteiger partial charge is 0.457 e. The second-order valence-corrected chi connectivity index (χ2v) is 15.5. The summed E-state index contributed by atoms with van der Waals surface area (Å²) in [5, 5.41) is 9.61. The van der Waals surface area contributed by atoms with Crippen LogP contribution in [0.4, 0.5) is 0 Å². The third-order valence-electron chi connectivity index (χ3n) is 10.1. The molecule has 0 spiro atoms. The van der Waals surface area contributed by atoms with Crippen molar-refractivity contribution in [2.24, 2.45) is 0 Å². The van der Waals surface area contributed by atoms with Gasteiger partial charge in [0.25, 0.3) is 0 Å². The number of hydrogen-bond acceptors (Lipinski definition) is 4. The minimum Gasteiger partial charge on any atom is -0.457 e. The van der Waals surface area contributed by atoms with Crippen LogP contribution in [0.15, 0.2) is 72.9 Å². The molecule has 1 atom stereocenters. The fourth-order valence-corrected chi connectivity index (χ4v) is 6.59. The number of aliphatic hydroxyl groups is 1. The van der Waals surface area contributed by atoms with E-state index >= 15 is 0 Å². The van der Waals surface area contributed by atoms with Gasteiger partial charge in [-0.05, 0) is 51.4 Å². The maximum atomic E-state index is 12.2. The van der Waals surface area contributed by atoms with Crippen molar-refractivity contribution < 1.29 is 19.4 Å². The SMILES string of the molecule is CC/C=C\C/C=C\C/C=C\C/C=C\C/C=C\C/C=C\CCC(=O)OC(CO)COCCCCCCCCCCCCCCCCCCCCCCCCCC. The van der Waals surface area contributed by atoms with Gasteiger partial charge in [0.15, 0.2) is 0 Å². The number of esters is 1. The first-order valence-corrected chi connectivity index (χ1v) is 23.5. The van der Waals surface area contributed by atoms with Gasteiger partial charge in [-0.2, -0.15) is 0 Å². The maximum absolute atomic E-state index is 12.2. The second kappa shape index (κ2) is 48.0. The highest BCUT2D eigenvalue weighted by molar-refractivity contribution is 5.69. The van der Waals surface area contributed by atoms with Crippen LogP contribution in [0.1, 0.15) is 219 Å². The van der Waals surface area contributed by atoms with Gasteiger partial charge in [-0.25, -0.2) is 0 Å². The van der Waals surface area contributed by atoms with Gasteiger partial charge < -0.3 is 14.6 Å². The number of carbonyl (C=O) groups is 1. The summed E-state index contributed by atoms with van der Waals surface area (Å²) in [6.07, 6.45) is 65.7. The van der Waals surface area contributed by atoms with Crippen molar-refractivity contribution in [1.82, 2.24) is 0 Å². The molecule has 55 heavy (non-hydrogen) atoms. The van der Waals surface area contributed by atoms with E-state index in [1.807, 2.05) is 6.08 Å². The van der Waals surface area contributed by atoms with Crippen molar-refractivity contribution in [2.75, 3.05) is 19.8 Å². The number of aliphatic hydroxyl groups excluding tert-OH is 1. The Labute approximate surface area is 342 Å². The van der Waals surface area contributed by atoms with E-state index in [1.165, 1.54) is 148 Å². The van der Waals surface area contributed by atoms with Gasteiger partial charge in [0.05, 0.1) is 13.2 Å². The van der Waals surface area contributed by atoms with Crippen molar-refractivity contribution in [3.05, 3.63) is 72.9 Å². The van der Waals surface area contributed by atoms with Crippen LogP contribution in [0.5, 0.6) is 0 Å². The Morgan fingerprint density at radius 1 is 0.455 bits per heavy atom. The molecule has 318 valence electrons. The molecule has 0 radical (unpaired) electrons. The van der Waals surface area contributed by atoms with E-state index in [-0.39, 0.29) is 19.2 Å². The molecule has 0 fully saturated rings. The Bertz CT molecular complexity index is 942. The Balaban J connectivity index is 3.49. The van der Waals surface area contributed by atoms with Crippen LogP contribution in [0.2, 0.25) is 0 Å². The van der Waals surface area contributed by atoms with Crippen LogP contribution in [-0.4, -0.2) is 37.0 Å². The smallest absolute Gasteiger partial charge is 0.306 e. The summed E-state index contributed by atoms with van der Waals surface area (Å²) < 4.78 is 11.1. The number of unbranched alkanes of at least 4 members (excludes halogenated alkanes) is 23. The zero-order chi connectivity index (χ0) is 39.8. The molecule has 1 N–H and O–H groups in total. The Morgan fingerprint density at radius 3 is 1.13 bits per heavy atom. The zero-order valence-corrected chi connectivity index (χ0v) is 36.4. The first kappa shape index (κ1) is 52.8. The summed E-state index contributed by atoms with van der Waals surface area (Å²) in [5.41, 5.74) is 0. The van der Waals surface area contributed by atoms with Gasteiger partial charge in [0.2, 0.25) is 0 Å². The Hall–Kier alpha value is -2.17. The van der Waals surface area contributed by atoms with Crippen molar-refractivity contribution in [1.29, 1.82) is 0 Å². The molecule has 0 heterocycles. The van der Waals surface area contributed by atoms with Crippen LogP contribution in [-0.2, 0) is 14.3 Å². The summed E-state index contributed by atoms with van der Waals surface area (Å²) in [7, 11) is 0. The van der Waals surface area contributed by atoms with E-state index in [0.717, 1.165) is 44.9 Å². The van der Waals surface area contributed by atoms with E-state index in [0.29, 0.717) is 19.4 Å². The number of rotatable bonds is 43. The minimum absolute atomic E-state index is 0.203. The topological polar surface area (TPSA) is 55.8 Å². The molecule has 0 aliphatic rings. The zero-order valence-electron chi connectivity index (χ0n) is 36.4. The Kier molecular flexibility index (Phi) is 46.1. The number of ether oxygens (including phenoxy) is 2. The van der Waals surface area contributed by atoms with Crippen LogP contribution < -0.4 is 0 Å². The average Bonchev–Trinajstić information content (AvgIpc) is 3.19. The van der Waals surface area contributed by atoms with Gasteiger partial charge in [-0.3, -0.25) is 4.79 Å². The summed E-state index contributed by atoms with van der Waals surface area (Å²) >= 11 is 0. The Morgan fingerprint density at radius 2 is 0.782 bits per heavy atom. The number of hydrogen-bond donors (Lipinski definition) is 1. The van der Waals surface area contributed by atoms with Gasteiger partial charge >= 0.3 is 5.97 Å². The van der Waals surface area contributed by atoms with Crippen molar-refractivity contribution >= 4 is 5.97 Å². The quantitative estimate of drug-likeness (QED) is 0.0381. The summed E-state index contributed by atoms with van der Waals surface area (Å²) in [6, 6.07) is 0. The van der Waals surface area contributed by atoms with E-state index in [1.54, 1.807) is 0 Å². The second-order valence-electron chi connectivity index (χ2n) is 15.5. The molecule has 0 amide bonds. The van der Waals surface area contributed by atoms with E-state index in [4.69, 9.17) is 9.47 Å². The number of allylic oxidation sites excluding steroid dienone is 12. The highest BCUT2D eigenvalue weighted by atomic mass is 16.6. The number of carbonyl (C=O) groups excluding carboxylic acids is 1.